The van der Waals surface area contributed by atoms with Crippen LogP contribution in [-0.4, -0.2) is 29.5 Å². The summed E-state index contributed by atoms with van der Waals surface area (Å²) in [5.74, 6) is 0.906. The highest BCUT2D eigenvalue weighted by Gasteiger charge is 2.21. The van der Waals surface area contributed by atoms with E-state index in [1.165, 1.54) is 73.3 Å². The number of nitrogens with zero attached hydrogens (tertiary/aromatic N) is 3. The molecule has 2 aliphatic rings. The average molecular weight is 485 g/mol. The van der Waals surface area contributed by atoms with Crippen molar-refractivity contribution >= 4 is 36.2 Å². The van der Waals surface area contributed by atoms with Crippen molar-refractivity contribution in [3.8, 4) is 0 Å². The van der Waals surface area contributed by atoms with Crippen LogP contribution in [0.3, 0.4) is 0 Å². The van der Waals surface area contributed by atoms with Crippen LogP contribution in [-0.2, 0) is 19.4 Å². The van der Waals surface area contributed by atoms with Gasteiger partial charge in [0.15, 0.2) is 0 Å². The van der Waals surface area contributed by atoms with Gasteiger partial charge in [-0.25, -0.2) is 0 Å². The van der Waals surface area contributed by atoms with Crippen LogP contribution in [0.15, 0.2) is 73.1 Å². The highest BCUT2D eigenvalue weighted by atomic mass is 35.5. The van der Waals surface area contributed by atoms with Crippen LogP contribution >= 0.6 is 24.8 Å². The number of anilines is 2. The molecule has 3 aromatic rings. The van der Waals surface area contributed by atoms with E-state index < -0.39 is 0 Å². The van der Waals surface area contributed by atoms with Crippen molar-refractivity contribution in [2.24, 2.45) is 5.92 Å². The quantitative estimate of drug-likeness (QED) is 0.366. The largest absolute Gasteiger partial charge is 0.341 e. The van der Waals surface area contributed by atoms with Crippen LogP contribution < -0.4 is 4.90 Å². The van der Waals surface area contributed by atoms with Gasteiger partial charge in [-0.15, -0.1) is 24.8 Å². The molecule has 0 radical (unpaired) electrons. The van der Waals surface area contributed by atoms with Crippen LogP contribution in [0.2, 0.25) is 0 Å². The van der Waals surface area contributed by atoms with E-state index >= 15 is 0 Å². The Morgan fingerprint density at radius 2 is 1.58 bits per heavy atom. The first-order valence-electron chi connectivity index (χ1n) is 11.9. The number of aromatic nitrogens is 1. The monoisotopic (exact) mass is 483 g/mol. The van der Waals surface area contributed by atoms with E-state index in [1.54, 1.807) is 0 Å². The molecule has 0 saturated carbocycles. The van der Waals surface area contributed by atoms with Crippen LogP contribution in [0, 0.1) is 5.92 Å². The molecule has 0 N–H and O–H groups in total. The number of likely N-dealkylation sites (tertiary alicyclic amines) is 1. The third-order valence-electron chi connectivity index (χ3n) is 7.05. The number of rotatable bonds is 7. The van der Waals surface area contributed by atoms with Gasteiger partial charge in [-0.05, 0) is 86.0 Å². The molecule has 1 saturated heterocycles. The van der Waals surface area contributed by atoms with E-state index in [1.807, 2.05) is 12.4 Å². The summed E-state index contributed by atoms with van der Waals surface area (Å²) in [5, 5.41) is 0. The van der Waals surface area contributed by atoms with Crippen LogP contribution in [0.4, 0.5) is 11.4 Å². The fraction of sp³-hybridized carbons (Fsp3) is 0.393. The fourth-order valence-corrected chi connectivity index (χ4v) is 5.27. The number of halogens is 2. The number of hydrogen-bond acceptors (Lipinski definition) is 3. The molecule has 0 bridgehead atoms. The Morgan fingerprint density at radius 1 is 0.818 bits per heavy atom. The van der Waals surface area contributed by atoms with Crippen molar-refractivity contribution in [2.75, 3.05) is 24.5 Å². The highest BCUT2D eigenvalue weighted by Crippen LogP contribution is 2.35. The van der Waals surface area contributed by atoms with Crippen LogP contribution in [0.25, 0.3) is 0 Å². The number of hydrogen-bond donors (Lipinski definition) is 0. The van der Waals surface area contributed by atoms with Gasteiger partial charge in [-0.2, -0.15) is 0 Å². The van der Waals surface area contributed by atoms with E-state index in [9.17, 15) is 0 Å². The van der Waals surface area contributed by atoms with Gasteiger partial charge in [-0.1, -0.05) is 48.9 Å². The third kappa shape index (κ3) is 6.50. The smallest absolute Gasteiger partial charge is 0.0444 e. The summed E-state index contributed by atoms with van der Waals surface area (Å²) in [4.78, 5) is 9.20. The molecule has 0 spiro atoms. The van der Waals surface area contributed by atoms with Gasteiger partial charge in [0.05, 0.1) is 0 Å². The maximum absolute atomic E-state index is 4.15. The van der Waals surface area contributed by atoms with Crippen molar-refractivity contribution in [1.82, 2.24) is 9.88 Å². The Hall–Kier alpha value is -2.07. The molecule has 176 valence electrons. The molecule has 0 atom stereocenters. The van der Waals surface area contributed by atoms with Crippen LogP contribution in [0.5, 0.6) is 0 Å². The van der Waals surface area contributed by atoms with Gasteiger partial charge in [0.1, 0.15) is 0 Å². The van der Waals surface area contributed by atoms with Crippen molar-refractivity contribution in [1.29, 1.82) is 0 Å². The molecule has 3 heterocycles. The molecule has 0 amide bonds. The summed E-state index contributed by atoms with van der Waals surface area (Å²) in [6.45, 7) is 4.69. The van der Waals surface area contributed by atoms with Crippen LogP contribution in [0.1, 0.15) is 42.4 Å². The second-order valence-corrected chi connectivity index (χ2v) is 9.17. The lowest BCUT2D eigenvalue weighted by atomic mass is 9.90. The minimum atomic E-state index is 0. The second-order valence-electron chi connectivity index (χ2n) is 9.17. The molecular formula is C28H35Cl2N3. The standard InChI is InChI=1S/C28H33N3.2ClH/c1-2-5-25(6-3-1)22-30-18-13-23(14-19-30)7-4-8-24-9-10-28-26(21-24)15-20-31(28)27-11-16-29-17-12-27;;/h1-3,5-6,9-12,16-17,21,23H,4,7-8,13-15,18-20,22H2;2*1H. The third-order valence-corrected chi connectivity index (χ3v) is 7.05. The Kier molecular flexibility index (Phi) is 9.61. The molecule has 5 rings (SSSR count). The fourth-order valence-electron chi connectivity index (χ4n) is 5.27. The van der Waals surface area contributed by atoms with Crippen molar-refractivity contribution in [3.05, 3.63) is 89.7 Å². The Labute approximate surface area is 211 Å². The molecule has 0 aliphatic carbocycles. The maximum Gasteiger partial charge on any atom is 0.0444 e. The van der Waals surface area contributed by atoms with E-state index in [0.29, 0.717) is 0 Å². The van der Waals surface area contributed by atoms with E-state index in [0.717, 1.165) is 25.4 Å². The Morgan fingerprint density at radius 3 is 2.33 bits per heavy atom. The number of pyridine rings is 1. The van der Waals surface area contributed by atoms with Crippen molar-refractivity contribution in [3.63, 3.8) is 0 Å². The summed E-state index contributed by atoms with van der Waals surface area (Å²) in [5.41, 5.74) is 7.08. The second kappa shape index (κ2) is 12.4. The van der Waals surface area contributed by atoms with Gasteiger partial charge in [-0.3, -0.25) is 9.88 Å². The lowest BCUT2D eigenvalue weighted by Crippen LogP contribution is -2.33. The topological polar surface area (TPSA) is 19.4 Å². The number of benzene rings is 2. The van der Waals surface area contributed by atoms with E-state index in [-0.39, 0.29) is 24.8 Å². The van der Waals surface area contributed by atoms with Gasteiger partial charge in [0, 0.05) is 36.9 Å². The molecule has 2 aromatic carbocycles. The van der Waals surface area contributed by atoms with Gasteiger partial charge in [0.2, 0.25) is 0 Å². The number of fused-ring (bicyclic) bond motifs is 1. The van der Waals surface area contributed by atoms with Gasteiger partial charge in [0.25, 0.3) is 0 Å². The predicted molar refractivity (Wildman–Crippen MR) is 143 cm³/mol. The zero-order valence-electron chi connectivity index (χ0n) is 19.2. The number of piperidine rings is 1. The predicted octanol–water partition coefficient (Wildman–Crippen LogP) is 6.85. The molecule has 1 fully saturated rings. The lowest BCUT2D eigenvalue weighted by molar-refractivity contribution is 0.171. The zero-order chi connectivity index (χ0) is 20.9. The van der Waals surface area contributed by atoms with E-state index in [4.69, 9.17) is 0 Å². The zero-order valence-corrected chi connectivity index (χ0v) is 20.9. The first-order chi connectivity index (χ1) is 15.3. The molecule has 3 nitrogen and oxygen atoms in total. The molecule has 33 heavy (non-hydrogen) atoms. The first kappa shape index (κ1) is 25.6. The lowest BCUT2D eigenvalue weighted by Gasteiger charge is -2.32. The number of aryl methyl sites for hydroxylation is 1. The summed E-state index contributed by atoms with van der Waals surface area (Å²) in [6, 6.07) is 22.3. The maximum atomic E-state index is 4.15. The van der Waals surface area contributed by atoms with Crippen molar-refractivity contribution < 1.29 is 0 Å². The summed E-state index contributed by atoms with van der Waals surface area (Å²) < 4.78 is 0. The SMILES string of the molecule is Cl.Cl.c1ccc(CN2CCC(CCCc3ccc4c(c3)CCN4c3ccncc3)CC2)cc1. The Balaban J connectivity index is 0.00000153. The average Bonchev–Trinajstić information content (AvgIpc) is 3.25. The molecule has 2 aliphatic heterocycles. The minimum absolute atomic E-state index is 0. The van der Waals surface area contributed by atoms with E-state index in [2.05, 4.69) is 75.4 Å². The summed E-state index contributed by atoms with van der Waals surface area (Å²) in [7, 11) is 0. The molecule has 5 heteroatoms. The normalized spacial score (nSPS) is 16.1. The van der Waals surface area contributed by atoms with Gasteiger partial charge < -0.3 is 4.90 Å². The molecular weight excluding hydrogens is 449 g/mol. The summed E-state index contributed by atoms with van der Waals surface area (Å²) in [6.07, 6.45) is 11.5. The molecule has 0 unspecified atom stereocenters. The van der Waals surface area contributed by atoms with Gasteiger partial charge >= 0.3 is 0 Å². The highest BCUT2D eigenvalue weighted by molar-refractivity contribution is 5.85. The minimum Gasteiger partial charge on any atom is -0.341 e. The summed E-state index contributed by atoms with van der Waals surface area (Å²) >= 11 is 0. The Bertz CT molecular complexity index is 973. The molecule has 1 aromatic heterocycles. The van der Waals surface area contributed by atoms with Crippen molar-refractivity contribution in [2.45, 2.75) is 45.1 Å². The first-order valence-corrected chi connectivity index (χ1v) is 11.9.